The molecule has 0 saturated carbocycles. The standard InChI is InChI=1S/C27H22FNO7S/c28-18-4-6-19(7-5-18)29-25(16-1-8-20(9-2-16)36-14-24(31)32)26(27(29)33)37-15-21(30)17-3-10-22-23(13-17)35-12-11-34-22/h1-10,13,25-26H,11-12,14-15H2,(H,31,32)/t25-,26-/m1/s1. The molecule has 2 aliphatic heterocycles. The van der Waals surface area contributed by atoms with Gasteiger partial charge in [-0.3, -0.25) is 9.59 Å². The minimum atomic E-state index is -1.09. The molecular weight excluding hydrogens is 501 g/mol. The number of carboxylic acid groups (broad SMARTS) is 1. The van der Waals surface area contributed by atoms with E-state index in [-0.39, 0.29) is 17.4 Å². The van der Waals surface area contributed by atoms with E-state index in [0.29, 0.717) is 41.7 Å². The van der Waals surface area contributed by atoms with Crippen molar-refractivity contribution >= 4 is 35.1 Å². The fourth-order valence-electron chi connectivity index (χ4n) is 4.21. The maximum absolute atomic E-state index is 13.5. The molecule has 0 bridgehead atoms. The Balaban J connectivity index is 1.34. The average molecular weight is 524 g/mol. The lowest BCUT2D eigenvalue weighted by Crippen LogP contribution is -2.57. The van der Waals surface area contributed by atoms with Crippen molar-refractivity contribution in [3.63, 3.8) is 0 Å². The molecule has 8 nitrogen and oxygen atoms in total. The van der Waals surface area contributed by atoms with Gasteiger partial charge in [-0.05, 0) is 60.2 Å². The van der Waals surface area contributed by atoms with Gasteiger partial charge in [0.05, 0.1) is 11.8 Å². The fourth-order valence-corrected chi connectivity index (χ4v) is 5.43. The zero-order valence-electron chi connectivity index (χ0n) is 19.5. The van der Waals surface area contributed by atoms with Crippen LogP contribution in [-0.2, 0) is 9.59 Å². The van der Waals surface area contributed by atoms with Crippen LogP contribution in [0, 0.1) is 5.82 Å². The monoisotopic (exact) mass is 523 g/mol. The van der Waals surface area contributed by atoms with Crippen molar-refractivity contribution in [1.82, 2.24) is 0 Å². The van der Waals surface area contributed by atoms with Crippen LogP contribution in [0.4, 0.5) is 10.1 Å². The number of anilines is 1. The van der Waals surface area contributed by atoms with Crippen LogP contribution in [0.25, 0.3) is 0 Å². The van der Waals surface area contributed by atoms with Crippen molar-refractivity contribution in [2.24, 2.45) is 0 Å². The Morgan fingerprint density at radius 1 is 1.00 bits per heavy atom. The molecule has 2 atom stereocenters. The summed E-state index contributed by atoms with van der Waals surface area (Å²) >= 11 is 1.24. The summed E-state index contributed by atoms with van der Waals surface area (Å²) in [5.41, 5.74) is 1.78. The highest BCUT2D eigenvalue weighted by Crippen LogP contribution is 2.45. The molecule has 37 heavy (non-hydrogen) atoms. The summed E-state index contributed by atoms with van der Waals surface area (Å²) in [6.07, 6.45) is 0. The highest BCUT2D eigenvalue weighted by Gasteiger charge is 2.49. The second-order valence-electron chi connectivity index (χ2n) is 8.39. The molecule has 0 aliphatic carbocycles. The number of aliphatic carboxylic acids is 1. The van der Waals surface area contributed by atoms with Crippen molar-refractivity contribution in [3.05, 3.63) is 83.7 Å². The van der Waals surface area contributed by atoms with E-state index in [1.54, 1.807) is 47.4 Å². The molecule has 3 aromatic carbocycles. The van der Waals surface area contributed by atoms with Gasteiger partial charge in [0.25, 0.3) is 0 Å². The number of rotatable bonds is 9. The molecule has 190 valence electrons. The summed E-state index contributed by atoms with van der Waals surface area (Å²) in [5.74, 6) is -0.275. The Morgan fingerprint density at radius 3 is 2.41 bits per heavy atom. The van der Waals surface area contributed by atoms with Crippen molar-refractivity contribution in [1.29, 1.82) is 0 Å². The average Bonchev–Trinajstić information content (AvgIpc) is 2.91. The van der Waals surface area contributed by atoms with Crippen molar-refractivity contribution in [3.8, 4) is 17.2 Å². The first kappa shape index (κ1) is 24.6. The van der Waals surface area contributed by atoms with Gasteiger partial charge >= 0.3 is 5.97 Å². The quantitative estimate of drug-likeness (QED) is 0.330. The van der Waals surface area contributed by atoms with Gasteiger partial charge in [-0.1, -0.05) is 12.1 Å². The number of nitrogens with zero attached hydrogens (tertiary/aromatic N) is 1. The third-order valence-corrected chi connectivity index (χ3v) is 7.24. The third kappa shape index (κ3) is 5.24. The Hall–Kier alpha value is -4.05. The molecule has 0 unspecified atom stereocenters. The van der Waals surface area contributed by atoms with Crippen LogP contribution in [-0.4, -0.2) is 53.6 Å². The molecule has 0 aromatic heterocycles. The summed E-state index contributed by atoms with van der Waals surface area (Å²) in [6.45, 7) is 0.402. The molecular formula is C27H22FNO7S. The van der Waals surface area contributed by atoms with Crippen molar-refractivity contribution in [2.45, 2.75) is 11.3 Å². The topological polar surface area (TPSA) is 102 Å². The lowest BCUT2D eigenvalue weighted by Gasteiger charge is -2.47. The van der Waals surface area contributed by atoms with E-state index in [1.165, 1.54) is 36.0 Å². The van der Waals surface area contributed by atoms with Gasteiger partial charge < -0.3 is 24.2 Å². The molecule has 1 saturated heterocycles. The van der Waals surface area contributed by atoms with Crippen LogP contribution in [0.1, 0.15) is 22.0 Å². The van der Waals surface area contributed by atoms with Crippen LogP contribution >= 0.6 is 11.8 Å². The summed E-state index contributed by atoms with van der Waals surface area (Å²) in [6, 6.07) is 17.0. The second kappa shape index (κ2) is 10.5. The maximum atomic E-state index is 13.5. The summed E-state index contributed by atoms with van der Waals surface area (Å²) in [7, 11) is 0. The van der Waals surface area contributed by atoms with Crippen LogP contribution in [0.15, 0.2) is 66.7 Å². The number of halogens is 1. The van der Waals surface area contributed by atoms with Crippen LogP contribution in [0.2, 0.25) is 0 Å². The van der Waals surface area contributed by atoms with E-state index < -0.39 is 29.7 Å². The van der Waals surface area contributed by atoms with Crippen LogP contribution < -0.4 is 19.1 Å². The number of hydrogen-bond acceptors (Lipinski definition) is 7. The van der Waals surface area contributed by atoms with Crippen molar-refractivity contribution in [2.75, 3.05) is 30.5 Å². The number of carbonyl (C=O) groups is 3. The molecule has 3 aromatic rings. The van der Waals surface area contributed by atoms with E-state index in [9.17, 15) is 18.8 Å². The Labute approximate surface area is 215 Å². The van der Waals surface area contributed by atoms with Gasteiger partial charge in [0, 0.05) is 11.3 Å². The Bertz CT molecular complexity index is 1330. The number of Topliss-reactive ketones (excluding diaryl/α,β-unsaturated/α-hetero) is 1. The van der Waals surface area contributed by atoms with E-state index in [1.807, 2.05) is 0 Å². The molecule has 0 spiro atoms. The Kier molecular flexibility index (Phi) is 7.00. The maximum Gasteiger partial charge on any atom is 0.341 e. The minimum absolute atomic E-state index is 0.0730. The number of β-lactam (4-membered cyclic amide) rings is 1. The minimum Gasteiger partial charge on any atom is -0.486 e. The lowest BCUT2D eigenvalue weighted by molar-refractivity contribution is -0.139. The SMILES string of the molecule is O=C(O)COc1ccc([C@@H]2[C@@H](SCC(=O)c3ccc4c(c3)OCCO4)C(=O)N2c2ccc(F)cc2)cc1. The molecule has 2 aliphatic rings. The van der Waals surface area contributed by atoms with Gasteiger partial charge in [-0.25, -0.2) is 9.18 Å². The number of hydrogen-bond donors (Lipinski definition) is 1. The zero-order valence-corrected chi connectivity index (χ0v) is 20.3. The molecule has 2 heterocycles. The van der Waals surface area contributed by atoms with E-state index in [0.717, 1.165) is 5.56 Å². The Morgan fingerprint density at radius 2 is 1.70 bits per heavy atom. The summed E-state index contributed by atoms with van der Waals surface area (Å²) in [5, 5.41) is 8.27. The van der Waals surface area contributed by atoms with E-state index in [4.69, 9.17) is 19.3 Å². The lowest BCUT2D eigenvalue weighted by atomic mass is 9.92. The smallest absolute Gasteiger partial charge is 0.341 e. The predicted molar refractivity (Wildman–Crippen MR) is 134 cm³/mol. The number of fused-ring (bicyclic) bond motifs is 1. The highest BCUT2D eigenvalue weighted by molar-refractivity contribution is 8.01. The first-order valence-electron chi connectivity index (χ1n) is 11.5. The largest absolute Gasteiger partial charge is 0.486 e. The summed E-state index contributed by atoms with van der Waals surface area (Å²) in [4.78, 5) is 38.5. The molecule has 1 amide bonds. The van der Waals surface area contributed by atoms with Crippen LogP contribution in [0.5, 0.6) is 17.2 Å². The molecule has 1 fully saturated rings. The number of carbonyl (C=O) groups excluding carboxylic acids is 2. The van der Waals surface area contributed by atoms with Crippen molar-refractivity contribution < 1.29 is 38.1 Å². The normalized spacial score (nSPS) is 18.2. The number of carboxylic acids is 1. The first-order chi connectivity index (χ1) is 17.9. The number of benzene rings is 3. The molecule has 1 N–H and O–H groups in total. The number of ether oxygens (including phenoxy) is 3. The van der Waals surface area contributed by atoms with E-state index in [2.05, 4.69) is 0 Å². The number of thioether (sulfide) groups is 1. The van der Waals surface area contributed by atoms with Gasteiger partial charge in [0.1, 0.15) is 30.0 Å². The second-order valence-corrected chi connectivity index (χ2v) is 9.52. The molecule has 0 radical (unpaired) electrons. The predicted octanol–water partition coefficient (Wildman–Crippen LogP) is 4.13. The number of ketones is 1. The van der Waals surface area contributed by atoms with Gasteiger partial charge in [-0.2, -0.15) is 0 Å². The fraction of sp³-hybridized carbons (Fsp3) is 0.222. The first-order valence-corrected chi connectivity index (χ1v) is 12.5. The molecule has 5 rings (SSSR count). The van der Waals surface area contributed by atoms with Gasteiger partial charge in [0.15, 0.2) is 23.9 Å². The van der Waals surface area contributed by atoms with Gasteiger partial charge in [0.2, 0.25) is 5.91 Å². The van der Waals surface area contributed by atoms with Gasteiger partial charge in [-0.15, -0.1) is 11.8 Å². The zero-order chi connectivity index (χ0) is 25.9. The van der Waals surface area contributed by atoms with E-state index >= 15 is 0 Å². The highest BCUT2D eigenvalue weighted by atomic mass is 32.2. The third-order valence-electron chi connectivity index (χ3n) is 5.99. The molecule has 10 heteroatoms. The number of amides is 1. The van der Waals surface area contributed by atoms with Crippen LogP contribution in [0.3, 0.4) is 0 Å². The summed E-state index contributed by atoms with van der Waals surface area (Å²) < 4.78 is 29.8.